The van der Waals surface area contributed by atoms with E-state index in [9.17, 15) is 13.2 Å². The lowest BCUT2D eigenvalue weighted by Crippen LogP contribution is -2.44. The molecule has 26 heavy (non-hydrogen) atoms. The molecule has 9 nitrogen and oxygen atoms in total. The molecule has 0 aromatic rings. The van der Waals surface area contributed by atoms with Crippen molar-refractivity contribution < 1.29 is 17.9 Å². The van der Waals surface area contributed by atoms with Gasteiger partial charge in [-0.05, 0) is 12.8 Å². The van der Waals surface area contributed by atoms with Crippen molar-refractivity contribution in [3.8, 4) is 0 Å². The highest BCUT2D eigenvalue weighted by Gasteiger charge is 2.53. The number of aliphatic imine (C=N–C) groups is 1. The largest absolute Gasteiger partial charge is 0.374 e. The highest BCUT2D eigenvalue weighted by molar-refractivity contribution is 7.88. The molecule has 2 bridgehead atoms. The van der Waals surface area contributed by atoms with Gasteiger partial charge in [0, 0.05) is 52.1 Å². The van der Waals surface area contributed by atoms with Gasteiger partial charge in [0.2, 0.25) is 15.9 Å². The fourth-order valence-electron chi connectivity index (χ4n) is 4.10. The Balaban J connectivity index is 1.61. The predicted octanol–water partition coefficient (Wildman–Crippen LogP) is -1.32. The molecule has 3 aliphatic heterocycles. The first kappa shape index (κ1) is 19.4. The number of hydrogen-bond donors (Lipinski definition) is 2. The van der Waals surface area contributed by atoms with Crippen molar-refractivity contribution in [3.05, 3.63) is 0 Å². The normalized spacial score (nSPS) is 30.6. The first-order chi connectivity index (χ1) is 12.2. The van der Waals surface area contributed by atoms with Crippen LogP contribution >= 0.6 is 0 Å². The van der Waals surface area contributed by atoms with E-state index in [0.717, 1.165) is 32.2 Å². The van der Waals surface area contributed by atoms with Crippen LogP contribution in [0.2, 0.25) is 0 Å². The Kier molecular flexibility index (Phi) is 5.73. The van der Waals surface area contributed by atoms with Crippen molar-refractivity contribution in [2.75, 3.05) is 53.1 Å². The summed E-state index contributed by atoms with van der Waals surface area (Å²) in [5, 5.41) is 3.21. The van der Waals surface area contributed by atoms with Crippen LogP contribution in [-0.4, -0.2) is 95.4 Å². The molecule has 0 radical (unpaired) electrons. The average Bonchev–Trinajstić information content (AvgIpc) is 3.25. The van der Waals surface area contributed by atoms with E-state index in [-0.39, 0.29) is 19.0 Å². The second-order valence-electron chi connectivity index (χ2n) is 7.54. The van der Waals surface area contributed by atoms with Crippen LogP contribution < -0.4 is 10.0 Å². The molecule has 3 fully saturated rings. The van der Waals surface area contributed by atoms with Crippen LogP contribution in [0.25, 0.3) is 0 Å². The molecule has 0 saturated carbocycles. The minimum absolute atomic E-state index is 0.0682. The van der Waals surface area contributed by atoms with Crippen molar-refractivity contribution >= 4 is 21.9 Å². The van der Waals surface area contributed by atoms with Crippen molar-refractivity contribution in [2.45, 2.75) is 25.0 Å². The van der Waals surface area contributed by atoms with E-state index in [2.05, 4.69) is 19.9 Å². The fourth-order valence-corrected chi connectivity index (χ4v) is 4.57. The number of nitrogens with one attached hydrogen (secondary N) is 2. The average molecular weight is 388 g/mol. The number of likely N-dealkylation sites (tertiary alicyclic amines) is 1. The van der Waals surface area contributed by atoms with Gasteiger partial charge in [0.15, 0.2) is 5.96 Å². The number of ether oxygens (including phenoxy) is 1. The second kappa shape index (κ2) is 7.69. The topological polar surface area (TPSA) is 103 Å². The molecular weight excluding hydrogens is 358 g/mol. The van der Waals surface area contributed by atoms with Gasteiger partial charge in [-0.15, -0.1) is 0 Å². The van der Waals surface area contributed by atoms with Crippen LogP contribution in [0, 0.1) is 11.8 Å². The van der Waals surface area contributed by atoms with Crippen LogP contribution in [0.5, 0.6) is 0 Å². The zero-order valence-corrected chi connectivity index (χ0v) is 16.5. The molecule has 0 aromatic heterocycles. The molecular formula is C16H29N5O4S. The zero-order valence-electron chi connectivity index (χ0n) is 15.6. The van der Waals surface area contributed by atoms with Crippen LogP contribution in [-0.2, 0) is 19.6 Å². The second-order valence-corrected chi connectivity index (χ2v) is 9.38. The Morgan fingerprint density at radius 2 is 1.81 bits per heavy atom. The highest BCUT2D eigenvalue weighted by atomic mass is 32.2. The maximum absolute atomic E-state index is 11.9. The maximum Gasteiger partial charge on any atom is 0.243 e. The van der Waals surface area contributed by atoms with Gasteiger partial charge in [-0.3, -0.25) is 4.79 Å². The Labute approximate surface area is 155 Å². The summed E-state index contributed by atoms with van der Waals surface area (Å²) in [5.74, 6) is 1.66. The number of hydrogen-bond acceptors (Lipinski definition) is 5. The molecule has 4 atom stereocenters. The molecule has 4 unspecified atom stereocenters. The molecule has 1 amide bonds. The number of rotatable bonds is 6. The Hall–Kier alpha value is -1.39. The molecule has 3 aliphatic rings. The van der Waals surface area contributed by atoms with E-state index < -0.39 is 10.0 Å². The summed E-state index contributed by atoms with van der Waals surface area (Å²) in [4.78, 5) is 20.1. The molecule has 3 heterocycles. The molecule has 10 heteroatoms. The quantitative estimate of drug-likeness (QED) is 0.333. The number of sulfonamides is 1. The van der Waals surface area contributed by atoms with E-state index in [1.807, 2.05) is 0 Å². The summed E-state index contributed by atoms with van der Waals surface area (Å²) in [6.07, 6.45) is 4.11. The lowest BCUT2D eigenvalue weighted by atomic mass is 9.82. The summed E-state index contributed by atoms with van der Waals surface area (Å²) in [5.41, 5.74) is 0. The predicted molar refractivity (Wildman–Crippen MR) is 98.3 cm³/mol. The molecule has 0 aliphatic carbocycles. The molecule has 0 spiro atoms. The van der Waals surface area contributed by atoms with Crippen LogP contribution in [0.4, 0.5) is 0 Å². The van der Waals surface area contributed by atoms with Gasteiger partial charge in [-0.25, -0.2) is 18.1 Å². The zero-order chi connectivity index (χ0) is 18.9. The Morgan fingerprint density at radius 3 is 2.35 bits per heavy atom. The number of carbonyl (C=O) groups is 1. The van der Waals surface area contributed by atoms with Crippen LogP contribution in [0.15, 0.2) is 4.99 Å². The molecule has 3 saturated heterocycles. The van der Waals surface area contributed by atoms with E-state index in [1.54, 1.807) is 14.1 Å². The number of fused-ring (bicyclic) bond motifs is 5. The lowest BCUT2D eigenvalue weighted by molar-refractivity contribution is -0.127. The fraction of sp³-hybridized carbons (Fsp3) is 0.875. The van der Waals surface area contributed by atoms with Crippen molar-refractivity contribution in [3.63, 3.8) is 0 Å². The summed E-state index contributed by atoms with van der Waals surface area (Å²) in [7, 11) is 0.192. The van der Waals surface area contributed by atoms with E-state index >= 15 is 0 Å². The van der Waals surface area contributed by atoms with Crippen LogP contribution in [0.1, 0.15) is 12.8 Å². The van der Waals surface area contributed by atoms with Crippen molar-refractivity contribution in [2.24, 2.45) is 16.8 Å². The van der Waals surface area contributed by atoms with Gasteiger partial charge < -0.3 is 19.9 Å². The van der Waals surface area contributed by atoms with Crippen molar-refractivity contribution in [1.29, 1.82) is 0 Å². The van der Waals surface area contributed by atoms with Gasteiger partial charge in [0.25, 0.3) is 0 Å². The van der Waals surface area contributed by atoms with Crippen molar-refractivity contribution in [1.82, 2.24) is 19.8 Å². The first-order valence-electron chi connectivity index (χ1n) is 9.08. The van der Waals surface area contributed by atoms with Gasteiger partial charge in [-0.1, -0.05) is 0 Å². The summed E-state index contributed by atoms with van der Waals surface area (Å²) in [6.45, 7) is 2.50. The standard InChI is InChI=1S/C16H29N5O4S/c1-20(2)15(22)8-18-16(17-6-7-19-26(3,23)24)21-9-11-12(10-21)14-5-4-13(11)25-14/h11-14,19H,4-10H2,1-3H3,(H,17,18). The number of likely N-dealkylation sites (N-methyl/N-ethyl adjacent to an activating group) is 1. The van der Waals surface area contributed by atoms with E-state index in [4.69, 9.17) is 4.74 Å². The number of nitrogens with zero attached hydrogens (tertiary/aromatic N) is 3. The summed E-state index contributed by atoms with van der Waals surface area (Å²) >= 11 is 0. The van der Waals surface area contributed by atoms with Gasteiger partial charge >= 0.3 is 0 Å². The lowest BCUT2D eigenvalue weighted by Gasteiger charge is -2.24. The first-order valence-corrected chi connectivity index (χ1v) is 11.0. The van der Waals surface area contributed by atoms with Gasteiger partial charge in [0.1, 0.15) is 6.54 Å². The summed E-state index contributed by atoms with van der Waals surface area (Å²) in [6, 6.07) is 0. The third kappa shape index (κ3) is 4.47. The van der Waals surface area contributed by atoms with Crippen LogP contribution in [0.3, 0.4) is 0 Å². The van der Waals surface area contributed by atoms with Gasteiger partial charge in [-0.2, -0.15) is 0 Å². The summed E-state index contributed by atoms with van der Waals surface area (Å²) < 4.78 is 30.8. The smallest absolute Gasteiger partial charge is 0.243 e. The highest BCUT2D eigenvalue weighted by Crippen LogP contribution is 2.47. The Bertz CT molecular complexity index is 648. The minimum Gasteiger partial charge on any atom is -0.374 e. The number of carbonyl (C=O) groups excluding carboxylic acids is 1. The SMILES string of the molecule is CN(C)C(=O)CN=C(NCCNS(C)(=O)=O)N1CC2C3CCC(O3)C2C1. The van der Waals surface area contributed by atoms with E-state index in [0.29, 0.717) is 36.5 Å². The Morgan fingerprint density at radius 1 is 1.19 bits per heavy atom. The monoisotopic (exact) mass is 387 g/mol. The third-order valence-corrected chi connectivity index (χ3v) is 6.12. The minimum atomic E-state index is -3.22. The number of guanidine groups is 1. The van der Waals surface area contributed by atoms with E-state index in [1.165, 1.54) is 4.90 Å². The van der Waals surface area contributed by atoms with Gasteiger partial charge in [0.05, 0.1) is 18.5 Å². The third-order valence-electron chi connectivity index (χ3n) is 5.39. The maximum atomic E-state index is 11.9. The molecule has 0 aromatic carbocycles. The molecule has 2 N–H and O–H groups in total. The molecule has 148 valence electrons. The number of amides is 1. The molecule has 3 rings (SSSR count).